The number of halogens is 1. The zero-order valence-electron chi connectivity index (χ0n) is 12.2. The van der Waals surface area contributed by atoms with E-state index in [-0.39, 0.29) is 6.04 Å². The molecule has 1 unspecified atom stereocenters. The van der Waals surface area contributed by atoms with E-state index in [0.717, 1.165) is 48.7 Å². The van der Waals surface area contributed by atoms with E-state index in [9.17, 15) is 0 Å². The van der Waals surface area contributed by atoms with Gasteiger partial charge in [0.25, 0.3) is 0 Å². The van der Waals surface area contributed by atoms with Gasteiger partial charge in [-0.1, -0.05) is 18.5 Å². The molecule has 4 heteroatoms. The van der Waals surface area contributed by atoms with Crippen LogP contribution in [-0.2, 0) is 12.8 Å². The number of furan rings is 1. The second kappa shape index (κ2) is 6.54. The highest BCUT2D eigenvalue weighted by Crippen LogP contribution is 2.35. The van der Waals surface area contributed by atoms with Crippen molar-refractivity contribution in [2.24, 2.45) is 0 Å². The Labute approximate surface area is 130 Å². The number of benzene rings is 1. The van der Waals surface area contributed by atoms with Crippen molar-refractivity contribution in [2.45, 2.75) is 32.2 Å². The molecule has 0 bridgehead atoms. The van der Waals surface area contributed by atoms with E-state index < -0.39 is 0 Å². The monoisotopic (exact) mass is 305 g/mol. The molecule has 3 nitrogen and oxygen atoms in total. The number of rotatable bonds is 6. The minimum atomic E-state index is 0.218. The molecule has 1 aromatic carbocycles. The smallest absolute Gasteiger partial charge is 0.125 e. The van der Waals surface area contributed by atoms with Crippen LogP contribution in [0.4, 0.5) is 0 Å². The van der Waals surface area contributed by atoms with E-state index >= 15 is 0 Å². The van der Waals surface area contributed by atoms with Crippen molar-refractivity contribution in [3.63, 3.8) is 0 Å². The Hall–Kier alpha value is -1.45. The van der Waals surface area contributed by atoms with Gasteiger partial charge >= 0.3 is 0 Å². The molecule has 1 atom stereocenters. The van der Waals surface area contributed by atoms with Crippen LogP contribution in [0, 0.1) is 0 Å². The number of hydrogen-bond donors (Lipinski definition) is 1. The van der Waals surface area contributed by atoms with Gasteiger partial charge in [-0.05, 0) is 48.7 Å². The maximum Gasteiger partial charge on any atom is 0.125 e. The Morgan fingerprint density at radius 1 is 1.38 bits per heavy atom. The minimum absolute atomic E-state index is 0.218. The van der Waals surface area contributed by atoms with Gasteiger partial charge in [-0.25, -0.2) is 0 Å². The Balaban J connectivity index is 1.86. The first kappa shape index (κ1) is 14.5. The molecule has 0 fully saturated rings. The summed E-state index contributed by atoms with van der Waals surface area (Å²) in [5.41, 5.74) is 3.55. The van der Waals surface area contributed by atoms with E-state index in [1.807, 2.05) is 18.2 Å². The lowest BCUT2D eigenvalue weighted by Crippen LogP contribution is -2.23. The van der Waals surface area contributed by atoms with E-state index in [4.69, 9.17) is 20.8 Å². The molecular formula is C17H20ClNO2. The Morgan fingerprint density at radius 3 is 3.05 bits per heavy atom. The summed E-state index contributed by atoms with van der Waals surface area (Å²) in [6, 6.07) is 6.26. The highest BCUT2D eigenvalue weighted by molar-refractivity contribution is 6.30. The average Bonchev–Trinajstić information content (AvgIpc) is 3.13. The quantitative estimate of drug-likeness (QED) is 0.870. The molecule has 0 saturated carbocycles. The van der Waals surface area contributed by atoms with Gasteiger partial charge in [-0.15, -0.1) is 0 Å². The standard InChI is InChI=1S/C17H20ClNO2/c1-2-5-19-16(13-3-6-20-11-13)10-14-9-15(18)8-12-4-7-21-17(12)14/h3,6,8-9,11,16,19H,2,4-5,7,10H2,1H3. The maximum atomic E-state index is 6.25. The SMILES string of the molecule is CCCNC(Cc1cc(Cl)cc2c1OCC2)c1ccoc1. The molecule has 0 aliphatic carbocycles. The molecule has 21 heavy (non-hydrogen) atoms. The maximum absolute atomic E-state index is 6.25. The Bertz CT molecular complexity index is 595. The molecule has 2 heterocycles. The van der Waals surface area contributed by atoms with E-state index in [0.29, 0.717) is 0 Å². The van der Waals surface area contributed by atoms with Crippen molar-refractivity contribution in [2.75, 3.05) is 13.2 Å². The lowest BCUT2D eigenvalue weighted by atomic mass is 9.98. The Kier molecular flexibility index (Phi) is 4.51. The summed E-state index contributed by atoms with van der Waals surface area (Å²) in [4.78, 5) is 0. The predicted octanol–water partition coefficient (Wildman–Crippen LogP) is 4.15. The summed E-state index contributed by atoms with van der Waals surface area (Å²) in [7, 11) is 0. The number of nitrogens with one attached hydrogen (secondary N) is 1. The normalized spacial score (nSPS) is 14.8. The highest BCUT2D eigenvalue weighted by Gasteiger charge is 2.21. The third-order valence-electron chi connectivity index (χ3n) is 3.84. The highest BCUT2D eigenvalue weighted by atomic mass is 35.5. The van der Waals surface area contributed by atoms with Crippen molar-refractivity contribution >= 4 is 11.6 Å². The van der Waals surface area contributed by atoms with Gasteiger partial charge in [0.1, 0.15) is 5.75 Å². The van der Waals surface area contributed by atoms with Crippen molar-refractivity contribution in [3.05, 3.63) is 52.4 Å². The third kappa shape index (κ3) is 3.25. The summed E-state index contributed by atoms with van der Waals surface area (Å²) in [6.07, 6.45) is 6.41. The number of ether oxygens (including phenoxy) is 1. The van der Waals surface area contributed by atoms with Crippen molar-refractivity contribution in [1.82, 2.24) is 5.32 Å². The average molecular weight is 306 g/mol. The zero-order valence-corrected chi connectivity index (χ0v) is 13.0. The van der Waals surface area contributed by atoms with Gasteiger partial charge in [0.2, 0.25) is 0 Å². The summed E-state index contributed by atoms with van der Waals surface area (Å²) < 4.78 is 11.0. The Morgan fingerprint density at radius 2 is 2.29 bits per heavy atom. The molecule has 112 valence electrons. The second-order valence-corrected chi connectivity index (χ2v) is 5.86. The molecule has 1 aliphatic heterocycles. The molecule has 0 amide bonds. The molecular weight excluding hydrogens is 286 g/mol. The molecule has 0 saturated heterocycles. The lowest BCUT2D eigenvalue weighted by Gasteiger charge is -2.19. The van der Waals surface area contributed by atoms with Crippen LogP contribution < -0.4 is 10.1 Å². The van der Waals surface area contributed by atoms with Gasteiger partial charge in [0.05, 0.1) is 19.1 Å². The van der Waals surface area contributed by atoms with Crippen LogP contribution >= 0.6 is 11.6 Å². The molecule has 0 spiro atoms. The minimum Gasteiger partial charge on any atom is -0.493 e. The van der Waals surface area contributed by atoms with Crippen LogP contribution in [0.1, 0.15) is 36.1 Å². The van der Waals surface area contributed by atoms with Crippen LogP contribution in [0.25, 0.3) is 0 Å². The van der Waals surface area contributed by atoms with Crippen molar-refractivity contribution in [3.8, 4) is 5.75 Å². The number of fused-ring (bicyclic) bond motifs is 1. The molecule has 1 N–H and O–H groups in total. The van der Waals surface area contributed by atoms with Crippen molar-refractivity contribution < 1.29 is 9.15 Å². The van der Waals surface area contributed by atoms with E-state index in [1.54, 1.807) is 12.5 Å². The van der Waals surface area contributed by atoms with Crippen LogP contribution in [0.2, 0.25) is 5.02 Å². The van der Waals surface area contributed by atoms with E-state index in [2.05, 4.69) is 12.2 Å². The van der Waals surface area contributed by atoms with Crippen LogP contribution in [0.3, 0.4) is 0 Å². The first-order valence-corrected chi connectivity index (χ1v) is 7.85. The van der Waals surface area contributed by atoms with E-state index in [1.165, 1.54) is 11.1 Å². The van der Waals surface area contributed by atoms with Crippen LogP contribution in [0.5, 0.6) is 5.75 Å². The van der Waals surface area contributed by atoms with Gasteiger partial charge in [0, 0.05) is 23.0 Å². The van der Waals surface area contributed by atoms with Crippen molar-refractivity contribution in [1.29, 1.82) is 0 Å². The molecule has 2 aromatic rings. The molecule has 1 aromatic heterocycles. The van der Waals surface area contributed by atoms with Crippen LogP contribution in [0.15, 0.2) is 35.1 Å². The summed E-state index contributed by atoms with van der Waals surface area (Å²) in [5.74, 6) is 1.02. The third-order valence-corrected chi connectivity index (χ3v) is 4.05. The van der Waals surface area contributed by atoms with Crippen LogP contribution in [-0.4, -0.2) is 13.2 Å². The fraction of sp³-hybridized carbons (Fsp3) is 0.412. The number of hydrogen-bond acceptors (Lipinski definition) is 3. The topological polar surface area (TPSA) is 34.4 Å². The summed E-state index contributed by atoms with van der Waals surface area (Å²) >= 11 is 6.25. The molecule has 3 rings (SSSR count). The zero-order chi connectivity index (χ0) is 14.7. The largest absolute Gasteiger partial charge is 0.493 e. The first-order chi connectivity index (χ1) is 10.3. The summed E-state index contributed by atoms with van der Waals surface area (Å²) in [6.45, 7) is 3.89. The summed E-state index contributed by atoms with van der Waals surface area (Å²) in [5, 5.41) is 4.36. The van der Waals surface area contributed by atoms with Gasteiger partial charge in [-0.3, -0.25) is 0 Å². The molecule has 1 aliphatic rings. The lowest BCUT2D eigenvalue weighted by molar-refractivity contribution is 0.351. The first-order valence-electron chi connectivity index (χ1n) is 7.47. The fourth-order valence-electron chi connectivity index (χ4n) is 2.82. The second-order valence-electron chi connectivity index (χ2n) is 5.42. The fourth-order valence-corrected chi connectivity index (χ4v) is 3.08. The van der Waals surface area contributed by atoms with Gasteiger partial charge in [-0.2, -0.15) is 0 Å². The predicted molar refractivity (Wildman–Crippen MR) is 84.1 cm³/mol. The van der Waals surface area contributed by atoms with Gasteiger partial charge < -0.3 is 14.5 Å². The van der Waals surface area contributed by atoms with Gasteiger partial charge in [0.15, 0.2) is 0 Å². The molecule has 0 radical (unpaired) electrons.